The Morgan fingerprint density at radius 2 is 2.00 bits per heavy atom. The molecule has 0 spiro atoms. The van der Waals surface area contributed by atoms with Gasteiger partial charge in [0.25, 0.3) is 5.91 Å². The summed E-state index contributed by atoms with van der Waals surface area (Å²) >= 11 is 5.81. The van der Waals surface area contributed by atoms with E-state index >= 15 is 0 Å². The molecule has 0 radical (unpaired) electrons. The first-order valence-corrected chi connectivity index (χ1v) is 8.29. The number of carbonyl (C=O) groups excluding carboxylic acids is 1. The van der Waals surface area contributed by atoms with Gasteiger partial charge < -0.3 is 9.64 Å². The molecule has 1 amide bonds. The first-order valence-electron chi connectivity index (χ1n) is 7.92. The van der Waals surface area contributed by atoms with Crippen LogP contribution >= 0.6 is 11.6 Å². The summed E-state index contributed by atoms with van der Waals surface area (Å²) in [5, 5.41) is 0.507. The maximum atomic E-state index is 12.6. The molecule has 1 saturated heterocycles. The molecule has 0 aliphatic carbocycles. The van der Waals surface area contributed by atoms with Crippen LogP contribution in [0.3, 0.4) is 0 Å². The van der Waals surface area contributed by atoms with E-state index in [4.69, 9.17) is 16.3 Å². The molecule has 24 heavy (non-hydrogen) atoms. The van der Waals surface area contributed by atoms with Gasteiger partial charge in [0.1, 0.15) is 10.9 Å². The summed E-state index contributed by atoms with van der Waals surface area (Å²) in [7, 11) is 1.61. The molecule has 1 aliphatic rings. The average Bonchev–Trinajstić information content (AvgIpc) is 2.64. The highest BCUT2D eigenvalue weighted by molar-refractivity contribution is 6.29. The third-order valence-electron chi connectivity index (χ3n) is 4.17. The zero-order valence-electron chi connectivity index (χ0n) is 13.6. The topological polar surface area (TPSA) is 45.7 Å². The van der Waals surface area contributed by atoms with Crippen molar-refractivity contribution in [3.63, 3.8) is 0 Å². The lowest BCUT2D eigenvalue weighted by molar-refractivity contribution is 0.0628. The highest BCUT2D eigenvalue weighted by atomic mass is 35.5. The normalized spacial score (nSPS) is 15.3. The smallest absolute Gasteiger partial charge is 0.254 e. The molecule has 2 heterocycles. The number of ether oxygens (including phenoxy) is 1. The molecule has 2 aromatic rings. The SMILES string of the molecule is COc1cccc(C(=O)N2CCN(Cc3ccc(Cl)nc3)CC2)c1. The van der Waals surface area contributed by atoms with Crippen LogP contribution in [0.25, 0.3) is 0 Å². The molecular formula is C18H20ClN3O2. The fourth-order valence-electron chi connectivity index (χ4n) is 2.81. The van der Waals surface area contributed by atoms with E-state index in [1.807, 2.05) is 29.2 Å². The average molecular weight is 346 g/mol. The van der Waals surface area contributed by atoms with E-state index in [9.17, 15) is 4.79 Å². The number of carbonyl (C=O) groups is 1. The maximum Gasteiger partial charge on any atom is 0.254 e. The first kappa shape index (κ1) is 16.7. The molecule has 1 aromatic heterocycles. The quantitative estimate of drug-likeness (QED) is 0.799. The Morgan fingerprint density at radius 1 is 1.21 bits per heavy atom. The summed E-state index contributed by atoms with van der Waals surface area (Å²) in [6.07, 6.45) is 1.80. The van der Waals surface area contributed by atoms with E-state index in [1.165, 1.54) is 0 Å². The van der Waals surface area contributed by atoms with Gasteiger partial charge in [-0.25, -0.2) is 4.98 Å². The van der Waals surface area contributed by atoms with Crippen molar-refractivity contribution in [3.8, 4) is 5.75 Å². The summed E-state index contributed by atoms with van der Waals surface area (Å²) in [6, 6.07) is 11.1. The molecule has 0 atom stereocenters. The Hall–Kier alpha value is -2.11. The Bertz CT molecular complexity index is 698. The lowest BCUT2D eigenvalue weighted by Gasteiger charge is -2.34. The highest BCUT2D eigenvalue weighted by Crippen LogP contribution is 2.16. The number of hydrogen-bond acceptors (Lipinski definition) is 4. The molecule has 126 valence electrons. The van der Waals surface area contributed by atoms with Gasteiger partial charge in [-0.2, -0.15) is 0 Å². The molecule has 0 N–H and O–H groups in total. The number of rotatable bonds is 4. The van der Waals surface area contributed by atoms with Crippen LogP contribution in [0, 0.1) is 0 Å². The van der Waals surface area contributed by atoms with Gasteiger partial charge >= 0.3 is 0 Å². The van der Waals surface area contributed by atoms with Crippen LogP contribution in [-0.2, 0) is 6.54 Å². The number of methoxy groups -OCH3 is 1. The van der Waals surface area contributed by atoms with Gasteiger partial charge in [-0.1, -0.05) is 23.7 Å². The summed E-state index contributed by atoms with van der Waals surface area (Å²) in [5.41, 5.74) is 1.80. The van der Waals surface area contributed by atoms with Crippen molar-refractivity contribution in [1.29, 1.82) is 0 Å². The van der Waals surface area contributed by atoms with E-state index in [1.54, 1.807) is 25.4 Å². The van der Waals surface area contributed by atoms with Gasteiger partial charge in [0, 0.05) is 44.5 Å². The molecule has 1 aliphatic heterocycles. The Labute approximate surface area is 146 Å². The molecular weight excluding hydrogens is 326 g/mol. The number of halogens is 1. The second kappa shape index (κ2) is 7.64. The van der Waals surface area contributed by atoms with E-state index in [-0.39, 0.29) is 5.91 Å². The van der Waals surface area contributed by atoms with Crippen LogP contribution in [0.2, 0.25) is 5.15 Å². The van der Waals surface area contributed by atoms with Gasteiger partial charge in [0.05, 0.1) is 7.11 Å². The molecule has 1 aromatic carbocycles. The number of hydrogen-bond donors (Lipinski definition) is 0. The van der Waals surface area contributed by atoms with Crippen molar-refractivity contribution < 1.29 is 9.53 Å². The van der Waals surface area contributed by atoms with Crippen molar-refractivity contribution >= 4 is 17.5 Å². The van der Waals surface area contributed by atoms with Crippen molar-refractivity contribution in [2.75, 3.05) is 33.3 Å². The van der Waals surface area contributed by atoms with Gasteiger partial charge in [0.2, 0.25) is 0 Å². The van der Waals surface area contributed by atoms with Crippen LogP contribution in [0.4, 0.5) is 0 Å². The Balaban J connectivity index is 1.56. The van der Waals surface area contributed by atoms with Crippen molar-refractivity contribution in [3.05, 3.63) is 58.9 Å². The minimum atomic E-state index is 0.0571. The third-order valence-corrected chi connectivity index (χ3v) is 4.39. The summed E-state index contributed by atoms with van der Waals surface area (Å²) in [5.74, 6) is 0.761. The van der Waals surface area contributed by atoms with Crippen molar-refractivity contribution in [2.45, 2.75) is 6.54 Å². The zero-order chi connectivity index (χ0) is 16.9. The highest BCUT2D eigenvalue weighted by Gasteiger charge is 2.22. The monoisotopic (exact) mass is 345 g/mol. The molecule has 0 saturated carbocycles. The van der Waals surface area contributed by atoms with Gasteiger partial charge in [0.15, 0.2) is 0 Å². The summed E-state index contributed by atoms with van der Waals surface area (Å²) in [4.78, 5) is 20.9. The molecule has 5 nitrogen and oxygen atoms in total. The summed E-state index contributed by atoms with van der Waals surface area (Å²) in [6.45, 7) is 3.95. The zero-order valence-corrected chi connectivity index (χ0v) is 14.4. The lowest BCUT2D eigenvalue weighted by atomic mass is 10.1. The van der Waals surface area contributed by atoms with E-state index in [0.717, 1.165) is 38.3 Å². The number of piperazine rings is 1. The van der Waals surface area contributed by atoms with Crippen LogP contribution in [0.5, 0.6) is 5.75 Å². The van der Waals surface area contributed by atoms with Gasteiger partial charge in [-0.05, 0) is 29.8 Å². The predicted octanol–water partition coefficient (Wildman–Crippen LogP) is 2.70. The van der Waals surface area contributed by atoms with Crippen molar-refractivity contribution in [2.24, 2.45) is 0 Å². The number of aromatic nitrogens is 1. The number of benzene rings is 1. The van der Waals surface area contributed by atoms with E-state index < -0.39 is 0 Å². The van der Waals surface area contributed by atoms with Gasteiger partial charge in [-0.15, -0.1) is 0 Å². The van der Waals surface area contributed by atoms with E-state index in [0.29, 0.717) is 16.5 Å². The molecule has 3 rings (SSSR count). The number of pyridine rings is 1. The van der Waals surface area contributed by atoms with Crippen LogP contribution < -0.4 is 4.74 Å². The predicted molar refractivity (Wildman–Crippen MR) is 93.4 cm³/mol. The largest absolute Gasteiger partial charge is 0.497 e. The van der Waals surface area contributed by atoms with Gasteiger partial charge in [-0.3, -0.25) is 9.69 Å². The fourth-order valence-corrected chi connectivity index (χ4v) is 2.92. The van der Waals surface area contributed by atoms with Crippen LogP contribution in [-0.4, -0.2) is 54.0 Å². The molecule has 6 heteroatoms. The Kier molecular flexibility index (Phi) is 5.33. The maximum absolute atomic E-state index is 12.6. The Morgan fingerprint density at radius 3 is 2.67 bits per heavy atom. The molecule has 1 fully saturated rings. The fraction of sp³-hybridized carbons (Fsp3) is 0.333. The number of nitrogens with zero attached hydrogens (tertiary/aromatic N) is 3. The molecule has 0 bridgehead atoms. The minimum Gasteiger partial charge on any atom is -0.497 e. The summed E-state index contributed by atoms with van der Waals surface area (Å²) < 4.78 is 5.19. The number of amides is 1. The van der Waals surface area contributed by atoms with Crippen LogP contribution in [0.1, 0.15) is 15.9 Å². The van der Waals surface area contributed by atoms with E-state index in [2.05, 4.69) is 9.88 Å². The second-order valence-electron chi connectivity index (χ2n) is 5.79. The third kappa shape index (κ3) is 4.04. The minimum absolute atomic E-state index is 0.0571. The second-order valence-corrected chi connectivity index (χ2v) is 6.18. The molecule has 0 unspecified atom stereocenters. The standard InChI is InChI=1S/C18H20ClN3O2/c1-24-16-4-2-3-15(11-16)18(23)22-9-7-21(8-10-22)13-14-5-6-17(19)20-12-14/h2-6,11-12H,7-10,13H2,1H3. The lowest BCUT2D eigenvalue weighted by Crippen LogP contribution is -2.48. The first-order chi connectivity index (χ1) is 11.7. The van der Waals surface area contributed by atoms with Crippen molar-refractivity contribution in [1.82, 2.24) is 14.8 Å². The van der Waals surface area contributed by atoms with Crippen LogP contribution in [0.15, 0.2) is 42.6 Å².